The smallest absolute Gasteiger partial charge is 0.274 e. The lowest BCUT2D eigenvalue weighted by molar-refractivity contribution is -0.115. The van der Waals surface area contributed by atoms with Crippen molar-refractivity contribution in [2.45, 2.75) is 67.2 Å². The van der Waals surface area contributed by atoms with E-state index in [1.165, 1.54) is 39.1 Å². The second-order valence-corrected chi connectivity index (χ2v) is 8.15. The summed E-state index contributed by atoms with van der Waals surface area (Å²) in [4.78, 5) is 13.6. The molecular formula is C29H44F2N4O2. The van der Waals surface area contributed by atoms with Gasteiger partial charge in [-0.15, -0.1) is 0 Å². The van der Waals surface area contributed by atoms with Crippen molar-refractivity contribution >= 4 is 17.1 Å². The third-order valence-electron chi connectivity index (χ3n) is 4.99. The molecule has 1 aromatic carbocycles. The van der Waals surface area contributed by atoms with E-state index in [1.54, 1.807) is 19.1 Å². The topological polar surface area (TPSA) is 108 Å². The van der Waals surface area contributed by atoms with Gasteiger partial charge in [0.2, 0.25) is 5.82 Å². The fraction of sp³-hybridized carbons (Fsp3) is 0.414. The highest BCUT2D eigenvalue weighted by Crippen LogP contribution is 2.27. The van der Waals surface area contributed by atoms with Gasteiger partial charge in [-0.25, -0.2) is 8.78 Å². The lowest BCUT2D eigenvalue weighted by Gasteiger charge is -2.16. The van der Waals surface area contributed by atoms with Crippen molar-refractivity contribution in [3.8, 4) is 0 Å². The molecule has 1 aromatic heterocycles. The number of hydrogen-bond acceptors (Lipinski definition) is 6. The number of nitrogens with two attached hydrogens (primary N) is 2. The van der Waals surface area contributed by atoms with Crippen LogP contribution in [-0.4, -0.2) is 23.0 Å². The Morgan fingerprint density at radius 1 is 1.19 bits per heavy atom. The molecule has 0 saturated carbocycles. The second-order valence-electron chi connectivity index (χ2n) is 8.15. The molecular weight excluding hydrogens is 474 g/mol. The molecule has 1 unspecified atom stereocenters. The minimum atomic E-state index is -0.647. The molecule has 0 aliphatic carbocycles. The number of benzene rings is 1. The molecule has 0 fully saturated rings. The largest absolute Gasteiger partial charge is 0.394 e. The van der Waals surface area contributed by atoms with Gasteiger partial charge in [0.25, 0.3) is 5.89 Å². The molecule has 0 aliphatic rings. The van der Waals surface area contributed by atoms with E-state index in [4.69, 9.17) is 10.3 Å². The summed E-state index contributed by atoms with van der Waals surface area (Å²) in [7, 11) is 1.50. The van der Waals surface area contributed by atoms with Gasteiger partial charge in [-0.3, -0.25) is 0 Å². The maximum atomic E-state index is 13.5. The van der Waals surface area contributed by atoms with E-state index in [2.05, 4.69) is 42.9 Å². The minimum absolute atomic E-state index is 0.116. The third kappa shape index (κ3) is 14.7. The van der Waals surface area contributed by atoms with Crippen LogP contribution in [0, 0.1) is 18.7 Å². The molecule has 37 heavy (non-hydrogen) atoms. The van der Waals surface area contributed by atoms with Crippen LogP contribution in [0.1, 0.15) is 77.6 Å². The zero-order chi connectivity index (χ0) is 29.0. The molecule has 0 spiro atoms. The summed E-state index contributed by atoms with van der Waals surface area (Å²) in [5, 5.41) is 3.79. The lowest BCUT2D eigenvalue weighted by Crippen LogP contribution is -2.09. The van der Waals surface area contributed by atoms with Gasteiger partial charge in [0.15, 0.2) is 0 Å². The molecule has 1 heterocycles. The standard InChI is InChI=1S/C18H26FN3O.C7H7F.C3H6O.CH5N/c1-6-9-11-14(8-3)12(4)16(20)18-21-17(22-23-18)15(10-7-2)13(5)19;1-6-4-2-3-5-7(6)8;1-3(2)4;1-2/h7,10,14H,2,5-6,8-9,11,20H2,1,3-4H3;2-5H,1H3;1-2H3;2H2,1H3/b15-10+,16-12+;;;. The Kier molecular flexibility index (Phi) is 20.1. The Hall–Kier alpha value is -3.39. The van der Waals surface area contributed by atoms with Crippen molar-refractivity contribution < 1.29 is 18.1 Å². The highest BCUT2D eigenvalue weighted by atomic mass is 19.1. The number of aryl methyl sites for hydroxylation is 1. The van der Waals surface area contributed by atoms with Crippen LogP contribution in [0.25, 0.3) is 11.3 Å². The van der Waals surface area contributed by atoms with Crippen LogP contribution in [0.3, 0.4) is 0 Å². The SMILES string of the molecule is C=C/C=C(\C(=C)F)c1noc(/C(N)=C(/C)C(CC)CCCC)n1.CC(C)=O.CN.Cc1ccccc1F. The van der Waals surface area contributed by atoms with E-state index >= 15 is 0 Å². The van der Waals surface area contributed by atoms with Crippen molar-refractivity contribution in [2.24, 2.45) is 17.4 Å². The minimum Gasteiger partial charge on any atom is -0.394 e. The fourth-order valence-electron chi connectivity index (χ4n) is 2.96. The lowest BCUT2D eigenvalue weighted by atomic mass is 9.91. The van der Waals surface area contributed by atoms with Crippen molar-refractivity contribution in [3.05, 3.63) is 84.1 Å². The number of rotatable bonds is 9. The van der Waals surface area contributed by atoms with Crippen LogP contribution in [0.5, 0.6) is 0 Å². The predicted octanol–water partition coefficient (Wildman–Crippen LogP) is 7.33. The van der Waals surface area contributed by atoms with Crippen molar-refractivity contribution in [3.63, 3.8) is 0 Å². The summed E-state index contributed by atoms with van der Waals surface area (Å²) < 4.78 is 31.0. The van der Waals surface area contributed by atoms with Gasteiger partial charge >= 0.3 is 0 Å². The molecule has 2 aromatic rings. The fourth-order valence-corrected chi connectivity index (χ4v) is 2.96. The molecule has 8 heteroatoms. The first-order chi connectivity index (χ1) is 17.5. The van der Waals surface area contributed by atoms with Crippen LogP contribution in [0.2, 0.25) is 0 Å². The van der Waals surface area contributed by atoms with Crippen LogP contribution in [0.15, 0.2) is 65.5 Å². The van der Waals surface area contributed by atoms with E-state index in [9.17, 15) is 13.6 Å². The Morgan fingerprint density at radius 3 is 2.16 bits per heavy atom. The highest BCUT2D eigenvalue weighted by Gasteiger charge is 2.19. The molecule has 0 bridgehead atoms. The van der Waals surface area contributed by atoms with Gasteiger partial charge in [0, 0.05) is 0 Å². The molecule has 0 radical (unpaired) electrons. The van der Waals surface area contributed by atoms with Crippen molar-refractivity contribution in [2.75, 3.05) is 7.05 Å². The first-order valence-electron chi connectivity index (χ1n) is 12.2. The molecule has 4 N–H and O–H groups in total. The van der Waals surface area contributed by atoms with E-state index in [1.807, 2.05) is 13.0 Å². The molecule has 0 aliphatic heterocycles. The summed E-state index contributed by atoms with van der Waals surface area (Å²) in [5.74, 6) is 0.0939. The van der Waals surface area contributed by atoms with Gasteiger partial charge in [-0.1, -0.05) is 69.3 Å². The Labute approximate surface area is 221 Å². The number of Topliss-reactive ketones (excluding diaryl/α,β-unsaturated/α-hetero) is 1. The molecule has 1 atom stereocenters. The van der Waals surface area contributed by atoms with E-state index in [-0.39, 0.29) is 28.9 Å². The summed E-state index contributed by atoms with van der Waals surface area (Å²) in [6.07, 6.45) is 7.24. The summed E-state index contributed by atoms with van der Waals surface area (Å²) in [6.45, 7) is 17.9. The molecule has 0 saturated heterocycles. The van der Waals surface area contributed by atoms with Crippen molar-refractivity contribution in [1.82, 2.24) is 10.1 Å². The zero-order valence-electron chi connectivity index (χ0n) is 23.4. The number of carbonyl (C=O) groups excluding carboxylic acids is 1. The van der Waals surface area contributed by atoms with E-state index < -0.39 is 5.83 Å². The Balaban J connectivity index is 0. The van der Waals surface area contributed by atoms with Crippen LogP contribution >= 0.6 is 0 Å². The number of hydrogen-bond donors (Lipinski definition) is 2. The summed E-state index contributed by atoms with van der Waals surface area (Å²) in [6, 6.07) is 6.70. The highest BCUT2D eigenvalue weighted by molar-refractivity contribution is 5.74. The van der Waals surface area contributed by atoms with Crippen molar-refractivity contribution in [1.29, 1.82) is 0 Å². The monoisotopic (exact) mass is 518 g/mol. The van der Waals surface area contributed by atoms with Crippen LogP contribution in [0.4, 0.5) is 8.78 Å². The maximum Gasteiger partial charge on any atom is 0.274 e. The van der Waals surface area contributed by atoms with Gasteiger partial charge in [0.1, 0.15) is 17.4 Å². The van der Waals surface area contributed by atoms with Crippen LogP contribution in [-0.2, 0) is 4.79 Å². The number of halogens is 2. The second kappa shape index (κ2) is 20.8. The first kappa shape index (κ1) is 35.8. The Morgan fingerprint density at radius 2 is 1.76 bits per heavy atom. The third-order valence-corrected chi connectivity index (χ3v) is 4.99. The average Bonchev–Trinajstić information content (AvgIpc) is 3.35. The van der Waals surface area contributed by atoms with Gasteiger partial charge < -0.3 is 20.8 Å². The first-order valence-corrected chi connectivity index (χ1v) is 12.2. The number of ketones is 1. The number of nitrogens with zero attached hydrogens (tertiary/aromatic N) is 2. The Bertz CT molecular complexity index is 1000. The van der Waals surface area contributed by atoms with Crippen LogP contribution < -0.4 is 11.5 Å². The summed E-state index contributed by atoms with van der Waals surface area (Å²) >= 11 is 0. The molecule has 206 valence electrons. The van der Waals surface area contributed by atoms with E-state index in [0.29, 0.717) is 17.2 Å². The normalized spacial score (nSPS) is 11.8. The zero-order valence-corrected chi connectivity index (χ0v) is 23.4. The quantitative estimate of drug-likeness (QED) is 0.336. The van der Waals surface area contributed by atoms with E-state index in [0.717, 1.165) is 31.3 Å². The predicted molar refractivity (Wildman–Crippen MR) is 150 cm³/mol. The maximum absolute atomic E-state index is 13.5. The number of unbranched alkanes of at least 4 members (excludes halogenated alkanes) is 1. The number of aromatic nitrogens is 2. The van der Waals surface area contributed by atoms with Gasteiger partial charge in [-0.2, -0.15) is 4.98 Å². The molecule has 6 nitrogen and oxygen atoms in total. The van der Waals surface area contributed by atoms with Gasteiger partial charge in [-0.05, 0) is 76.8 Å². The van der Waals surface area contributed by atoms with Gasteiger partial charge in [0.05, 0.1) is 11.3 Å². The average molecular weight is 519 g/mol. The number of carbonyl (C=O) groups is 1. The summed E-state index contributed by atoms with van der Waals surface area (Å²) in [5.41, 5.74) is 13.0. The molecule has 0 amide bonds. The number of allylic oxidation sites excluding steroid dienone is 5. The molecule has 2 rings (SSSR count).